The monoisotopic (exact) mass is 307 g/mol. The van der Waals surface area contributed by atoms with E-state index in [-0.39, 0.29) is 12.5 Å². The molecule has 0 atom stereocenters. The van der Waals surface area contributed by atoms with Gasteiger partial charge in [0.1, 0.15) is 0 Å². The van der Waals surface area contributed by atoms with Crippen LogP contribution in [0.3, 0.4) is 0 Å². The van der Waals surface area contributed by atoms with Crippen molar-refractivity contribution in [2.45, 2.75) is 13.5 Å². The van der Waals surface area contributed by atoms with Crippen LogP contribution in [0.1, 0.15) is 21.8 Å². The van der Waals surface area contributed by atoms with Crippen LogP contribution in [0, 0.1) is 6.92 Å². The van der Waals surface area contributed by atoms with Crippen molar-refractivity contribution in [2.24, 2.45) is 0 Å². The maximum Gasteiger partial charge on any atom is 0.254 e. The third kappa shape index (κ3) is 3.45. The number of benzene rings is 2. The second-order valence-corrected chi connectivity index (χ2v) is 5.41. The molecule has 5 heteroatoms. The number of aryl methyl sites for hydroxylation is 1. The minimum absolute atomic E-state index is 0.0758. The lowest BCUT2D eigenvalue weighted by atomic mass is 10.1. The van der Waals surface area contributed by atoms with Gasteiger partial charge < -0.3 is 9.42 Å². The van der Waals surface area contributed by atoms with Crippen molar-refractivity contribution >= 4 is 5.91 Å². The van der Waals surface area contributed by atoms with Crippen LogP contribution >= 0.6 is 0 Å². The van der Waals surface area contributed by atoms with Crippen molar-refractivity contribution in [3.05, 3.63) is 71.6 Å². The van der Waals surface area contributed by atoms with Crippen LogP contribution in [-0.4, -0.2) is 28.0 Å². The molecule has 0 fully saturated rings. The van der Waals surface area contributed by atoms with Gasteiger partial charge in [0.15, 0.2) is 0 Å². The molecule has 116 valence electrons. The number of hydrogen-bond donors (Lipinski definition) is 0. The van der Waals surface area contributed by atoms with Gasteiger partial charge >= 0.3 is 0 Å². The predicted octanol–water partition coefficient (Wildman–Crippen LogP) is 3.32. The largest absolute Gasteiger partial charge is 0.337 e. The fourth-order valence-corrected chi connectivity index (χ4v) is 2.30. The molecule has 0 saturated heterocycles. The van der Waals surface area contributed by atoms with Crippen molar-refractivity contribution in [2.75, 3.05) is 7.05 Å². The van der Waals surface area contributed by atoms with Gasteiger partial charge in [0.2, 0.25) is 11.7 Å². The van der Waals surface area contributed by atoms with Gasteiger partial charge in [-0.25, -0.2) is 0 Å². The summed E-state index contributed by atoms with van der Waals surface area (Å²) >= 11 is 0. The third-order valence-corrected chi connectivity index (χ3v) is 3.48. The smallest absolute Gasteiger partial charge is 0.254 e. The number of nitrogens with zero attached hydrogens (tertiary/aromatic N) is 3. The van der Waals surface area contributed by atoms with Gasteiger partial charge in [-0.05, 0) is 19.1 Å². The average Bonchev–Trinajstić information content (AvgIpc) is 3.03. The molecule has 1 aromatic heterocycles. The van der Waals surface area contributed by atoms with Crippen LogP contribution in [0.15, 0.2) is 59.1 Å². The fourth-order valence-electron chi connectivity index (χ4n) is 2.30. The number of amides is 1. The molecule has 23 heavy (non-hydrogen) atoms. The molecule has 0 spiro atoms. The van der Waals surface area contributed by atoms with Gasteiger partial charge in [0.05, 0.1) is 6.54 Å². The lowest BCUT2D eigenvalue weighted by molar-refractivity contribution is 0.0769. The Bertz CT molecular complexity index is 812. The molecule has 2 aromatic carbocycles. The molecule has 0 aliphatic carbocycles. The minimum atomic E-state index is -0.0758. The first-order chi connectivity index (χ1) is 11.1. The molecule has 1 amide bonds. The maximum atomic E-state index is 12.4. The van der Waals surface area contributed by atoms with Gasteiger partial charge in [0, 0.05) is 18.2 Å². The molecule has 3 aromatic rings. The minimum Gasteiger partial charge on any atom is -0.337 e. The molecule has 0 aliphatic rings. The number of aromatic nitrogens is 2. The van der Waals surface area contributed by atoms with Gasteiger partial charge in [-0.15, -0.1) is 0 Å². The summed E-state index contributed by atoms with van der Waals surface area (Å²) < 4.78 is 5.24. The second kappa shape index (κ2) is 6.44. The summed E-state index contributed by atoms with van der Waals surface area (Å²) in [6.07, 6.45) is 0. The molecule has 3 rings (SSSR count). The van der Waals surface area contributed by atoms with E-state index in [2.05, 4.69) is 10.1 Å². The highest BCUT2D eigenvalue weighted by Crippen LogP contribution is 2.16. The number of rotatable bonds is 4. The highest BCUT2D eigenvalue weighted by atomic mass is 16.5. The van der Waals surface area contributed by atoms with Crippen LogP contribution in [0.25, 0.3) is 11.4 Å². The Hall–Kier alpha value is -2.95. The van der Waals surface area contributed by atoms with E-state index in [0.717, 1.165) is 11.1 Å². The molecule has 5 nitrogen and oxygen atoms in total. The molecule has 0 N–H and O–H groups in total. The summed E-state index contributed by atoms with van der Waals surface area (Å²) in [6.45, 7) is 2.23. The second-order valence-electron chi connectivity index (χ2n) is 5.41. The Labute approximate surface area is 134 Å². The van der Waals surface area contributed by atoms with Crippen LogP contribution < -0.4 is 0 Å². The number of carbonyl (C=O) groups excluding carboxylic acids is 1. The summed E-state index contributed by atoms with van der Waals surface area (Å²) in [7, 11) is 1.72. The molecule has 0 unspecified atom stereocenters. The average molecular weight is 307 g/mol. The summed E-state index contributed by atoms with van der Waals surface area (Å²) in [5, 5.41) is 3.96. The first-order valence-electron chi connectivity index (χ1n) is 7.33. The zero-order chi connectivity index (χ0) is 16.2. The number of hydrogen-bond acceptors (Lipinski definition) is 4. The maximum absolute atomic E-state index is 12.4. The van der Waals surface area contributed by atoms with Gasteiger partial charge in [-0.2, -0.15) is 4.98 Å². The van der Waals surface area contributed by atoms with Crippen molar-refractivity contribution in [1.82, 2.24) is 15.0 Å². The van der Waals surface area contributed by atoms with Gasteiger partial charge in [-0.1, -0.05) is 53.2 Å². The van der Waals surface area contributed by atoms with E-state index >= 15 is 0 Å². The van der Waals surface area contributed by atoms with E-state index in [0.29, 0.717) is 17.3 Å². The molecule has 0 saturated carbocycles. The van der Waals surface area contributed by atoms with E-state index in [9.17, 15) is 4.79 Å². The predicted molar refractivity (Wildman–Crippen MR) is 86.7 cm³/mol. The molecular weight excluding hydrogens is 290 g/mol. The van der Waals surface area contributed by atoms with Crippen LogP contribution in [0.4, 0.5) is 0 Å². The molecule has 0 radical (unpaired) electrons. The highest BCUT2D eigenvalue weighted by Gasteiger charge is 2.16. The summed E-state index contributed by atoms with van der Waals surface area (Å²) in [4.78, 5) is 18.3. The summed E-state index contributed by atoms with van der Waals surface area (Å²) in [5.74, 6) is 0.859. The lowest BCUT2D eigenvalue weighted by Gasteiger charge is -2.14. The zero-order valence-corrected chi connectivity index (χ0v) is 13.1. The van der Waals surface area contributed by atoms with Crippen molar-refractivity contribution in [3.63, 3.8) is 0 Å². The normalized spacial score (nSPS) is 10.5. The third-order valence-electron chi connectivity index (χ3n) is 3.48. The molecular formula is C18H17N3O2. The SMILES string of the molecule is Cc1cccc(C(=O)N(C)Cc2nc(-c3ccccc3)no2)c1. The Morgan fingerprint density at radius 3 is 2.65 bits per heavy atom. The summed E-state index contributed by atoms with van der Waals surface area (Å²) in [6, 6.07) is 17.1. The Kier molecular flexibility index (Phi) is 4.19. The fraction of sp³-hybridized carbons (Fsp3) is 0.167. The van der Waals surface area contributed by atoms with Gasteiger partial charge in [0.25, 0.3) is 5.91 Å². The van der Waals surface area contributed by atoms with Crippen molar-refractivity contribution in [3.8, 4) is 11.4 Å². The van der Waals surface area contributed by atoms with E-state index in [1.807, 2.05) is 55.5 Å². The lowest BCUT2D eigenvalue weighted by Crippen LogP contribution is -2.26. The first-order valence-corrected chi connectivity index (χ1v) is 7.33. The molecule has 1 heterocycles. The molecule has 0 bridgehead atoms. The van der Waals surface area contributed by atoms with Crippen molar-refractivity contribution in [1.29, 1.82) is 0 Å². The van der Waals surface area contributed by atoms with E-state index < -0.39 is 0 Å². The highest BCUT2D eigenvalue weighted by molar-refractivity contribution is 5.94. The Balaban J connectivity index is 1.72. The quantitative estimate of drug-likeness (QED) is 0.742. The first kappa shape index (κ1) is 15.0. The van der Waals surface area contributed by atoms with Crippen molar-refractivity contribution < 1.29 is 9.32 Å². The van der Waals surface area contributed by atoms with Crippen LogP contribution in [0.5, 0.6) is 0 Å². The van der Waals surface area contributed by atoms with Crippen LogP contribution in [0.2, 0.25) is 0 Å². The van der Waals surface area contributed by atoms with E-state index in [4.69, 9.17) is 4.52 Å². The molecule has 0 aliphatic heterocycles. The van der Waals surface area contributed by atoms with Gasteiger partial charge in [-0.3, -0.25) is 4.79 Å². The van der Waals surface area contributed by atoms with Crippen LogP contribution in [-0.2, 0) is 6.54 Å². The van der Waals surface area contributed by atoms with E-state index in [1.54, 1.807) is 18.0 Å². The Morgan fingerprint density at radius 1 is 1.13 bits per heavy atom. The van der Waals surface area contributed by atoms with E-state index in [1.165, 1.54) is 0 Å². The standard InChI is InChI=1S/C18H17N3O2/c1-13-7-6-10-15(11-13)18(22)21(2)12-16-19-17(20-23-16)14-8-4-3-5-9-14/h3-11H,12H2,1-2H3. The number of carbonyl (C=O) groups is 1. The zero-order valence-electron chi connectivity index (χ0n) is 13.1. The topological polar surface area (TPSA) is 59.2 Å². The summed E-state index contributed by atoms with van der Waals surface area (Å²) in [5.41, 5.74) is 2.58. The Morgan fingerprint density at radius 2 is 1.91 bits per heavy atom.